The number of aromatic nitrogens is 2. The zero-order chi connectivity index (χ0) is 14.7. The van der Waals surface area contributed by atoms with E-state index in [1.54, 1.807) is 19.5 Å². The zero-order valence-electron chi connectivity index (χ0n) is 12.7. The molecule has 1 atom stereocenters. The third kappa shape index (κ3) is 2.88. The lowest BCUT2D eigenvalue weighted by molar-refractivity contribution is -0.00402. The summed E-state index contributed by atoms with van der Waals surface area (Å²) in [6.07, 6.45) is 6.16. The maximum atomic E-state index is 6.15. The summed E-state index contributed by atoms with van der Waals surface area (Å²) in [7, 11) is 1.78. The highest BCUT2D eigenvalue weighted by Gasteiger charge is 2.49. The van der Waals surface area contributed by atoms with Crippen molar-refractivity contribution in [2.75, 3.05) is 51.3 Å². The highest BCUT2D eigenvalue weighted by atomic mass is 16.5. The van der Waals surface area contributed by atoms with Crippen LogP contribution in [0.15, 0.2) is 18.5 Å². The molecule has 0 radical (unpaired) electrons. The normalized spacial score (nSPS) is 23.0. The van der Waals surface area contributed by atoms with Crippen LogP contribution in [0.4, 0.5) is 5.95 Å². The average molecular weight is 291 g/mol. The minimum atomic E-state index is 0.0262. The molecule has 6 heteroatoms. The second-order valence-electron chi connectivity index (χ2n) is 6.04. The molecular formula is C15H25N5O. The molecule has 1 unspecified atom stereocenters. The molecule has 1 aliphatic carbocycles. The van der Waals surface area contributed by atoms with Gasteiger partial charge in [-0.05, 0) is 24.8 Å². The Morgan fingerprint density at radius 2 is 1.90 bits per heavy atom. The fourth-order valence-corrected chi connectivity index (χ4v) is 3.50. The van der Waals surface area contributed by atoms with Gasteiger partial charge in [0.2, 0.25) is 5.95 Å². The van der Waals surface area contributed by atoms with Crippen molar-refractivity contribution in [3.05, 3.63) is 18.5 Å². The van der Waals surface area contributed by atoms with Crippen LogP contribution in [-0.4, -0.2) is 66.8 Å². The quantitative estimate of drug-likeness (QED) is 0.816. The zero-order valence-corrected chi connectivity index (χ0v) is 12.7. The first-order valence-electron chi connectivity index (χ1n) is 7.76. The smallest absolute Gasteiger partial charge is 0.225 e. The fourth-order valence-electron chi connectivity index (χ4n) is 3.50. The monoisotopic (exact) mass is 291 g/mol. The van der Waals surface area contributed by atoms with Gasteiger partial charge in [-0.15, -0.1) is 0 Å². The summed E-state index contributed by atoms with van der Waals surface area (Å²) in [6.45, 7) is 5.29. The Hall–Kier alpha value is -1.24. The maximum Gasteiger partial charge on any atom is 0.225 e. The van der Waals surface area contributed by atoms with Crippen molar-refractivity contribution in [1.29, 1.82) is 0 Å². The van der Waals surface area contributed by atoms with Crippen LogP contribution < -0.4 is 10.6 Å². The van der Waals surface area contributed by atoms with Crippen molar-refractivity contribution in [2.45, 2.75) is 18.4 Å². The van der Waals surface area contributed by atoms with E-state index in [9.17, 15) is 0 Å². The summed E-state index contributed by atoms with van der Waals surface area (Å²) in [5, 5.41) is 0. The van der Waals surface area contributed by atoms with E-state index in [-0.39, 0.29) is 5.54 Å². The second kappa shape index (κ2) is 6.25. The van der Waals surface area contributed by atoms with E-state index in [0.29, 0.717) is 12.5 Å². The molecular weight excluding hydrogens is 266 g/mol. The Kier molecular flexibility index (Phi) is 4.37. The van der Waals surface area contributed by atoms with E-state index >= 15 is 0 Å². The van der Waals surface area contributed by atoms with Crippen LogP contribution in [0.3, 0.4) is 0 Å². The standard InChI is InChI=1S/C15H25N5O/c1-21-12-15(11-16,13-3-4-13)20-9-7-19(8-10-20)14-17-5-2-6-18-14/h2,5-6,13H,3-4,7-12,16H2,1H3. The van der Waals surface area contributed by atoms with Gasteiger partial charge >= 0.3 is 0 Å². The van der Waals surface area contributed by atoms with E-state index in [2.05, 4.69) is 19.8 Å². The average Bonchev–Trinajstić information content (AvgIpc) is 3.39. The molecule has 1 saturated carbocycles. The van der Waals surface area contributed by atoms with Crippen molar-refractivity contribution < 1.29 is 4.74 Å². The molecule has 21 heavy (non-hydrogen) atoms. The van der Waals surface area contributed by atoms with Crippen LogP contribution in [0, 0.1) is 5.92 Å². The predicted molar refractivity (Wildman–Crippen MR) is 82.2 cm³/mol. The van der Waals surface area contributed by atoms with Gasteiger partial charge in [0.05, 0.1) is 12.1 Å². The summed E-state index contributed by atoms with van der Waals surface area (Å²) < 4.78 is 5.50. The first-order valence-corrected chi connectivity index (χ1v) is 7.76. The van der Waals surface area contributed by atoms with Gasteiger partial charge in [-0.3, -0.25) is 4.90 Å². The Morgan fingerprint density at radius 3 is 2.43 bits per heavy atom. The second-order valence-corrected chi connectivity index (χ2v) is 6.04. The van der Waals surface area contributed by atoms with Crippen LogP contribution in [0.5, 0.6) is 0 Å². The summed E-state index contributed by atoms with van der Waals surface area (Å²) in [6, 6.07) is 1.85. The molecule has 0 spiro atoms. The van der Waals surface area contributed by atoms with Crippen molar-refractivity contribution in [3.63, 3.8) is 0 Å². The molecule has 0 bridgehead atoms. The molecule has 2 N–H and O–H groups in total. The van der Waals surface area contributed by atoms with Crippen LogP contribution in [0.2, 0.25) is 0 Å². The van der Waals surface area contributed by atoms with Crippen LogP contribution in [0.25, 0.3) is 0 Å². The summed E-state index contributed by atoms with van der Waals surface area (Å²) >= 11 is 0. The molecule has 0 aromatic carbocycles. The Labute approximate surface area is 126 Å². The van der Waals surface area contributed by atoms with Crippen molar-refractivity contribution >= 4 is 5.95 Å². The molecule has 1 aliphatic heterocycles. The number of methoxy groups -OCH3 is 1. The van der Waals surface area contributed by atoms with Crippen molar-refractivity contribution in [3.8, 4) is 0 Å². The van der Waals surface area contributed by atoms with Gasteiger partial charge in [0.1, 0.15) is 0 Å². The Balaban J connectivity index is 1.66. The van der Waals surface area contributed by atoms with Gasteiger partial charge in [-0.2, -0.15) is 0 Å². The Morgan fingerprint density at radius 1 is 1.24 bits per heavy atom. The lowest BCUT2D eigenvalue weighted by Crippen LogP contribution is -2.63. The van der Waals surface area contributed by atoms with E-state index < -0.39 is 0 Å². The Bertz CT molecular complexity index is 445. The molecule has 2 aliphatic rings. The predicted octanol–water partition coefficient (Wildman–Crippen LogP) is 0.353. The number of rotatable bonds is 6. The minimum absolute atomic E-state index is 0.0262. The fraction of sp³-hybridized carbons (Fsp3) is 0.733. The van der Waals surface area contributed by atoms with E-state index in [0.717, 1.165) is 38.7 Å². The molecule has 1 aromatic rings. The lowest BCUT2D eigenvalue weighted by atomic mass is 9.91. The molecule has 6 nitrogen and oxygen atoms in total. The third-order valence-corrected chi connectivity index (χ3v) is 4.83. The minimum Gasteiger partial charge on any atom is -0.383 e. The first kappa shape index (κ1) is 14.7. The topological polar surface area (TPSA) is 67.5 Å². The maximum absolute atomic E-state index is 6.15. The van der Waals surface area contributed by atoms with E-state index in [4.69, 9.17) is 10.5 Å². The highest BCUT2D eigenvalue weighted by Crippen LogP contribution is 2.43. The molecule has 3 rings (SSSR count). The van der Waals surface area contributed by atoms with Gasteiger partial charge in [0.25, 0.3) is 0 Å². The number of piperazine rings is 1. The summed E-state index contributed by atoms with van der Waals surface area (Å²) in [5.41, 5.74) is 6.18. The molecule has 2 fully saturated rings. The molecule has 1 saturated heterocycles. The van der Waals surface area contributed by atoms with Gasteiger partial charge in [0, 0.05) is 52.2 Å². The summed E-state index contributed by atoms with van der Waals surface area (Å²) in [5.74, 6) is 1.52. The van der Waals surface area contributed by atoms with E-state index in [1.807, 2.05) is 6.07 Å². The number of hydrogen-bond acceptors (Lipinski definition) is 6. The number of ether oxygens (including phenoxy) is 1. The highest BCUT2D eigenvalue weighted by molar-refractivity contribution is 5.29. The number of nitrogens with zero attached hydrogens (tertiary/aromatic N) is 4. The van der Waals surface area contributed by atoms with Crippen molar-refractivity contribution in [1.82, 2.24) is 14.9 Å². The molecule has 0 amide bonds. The summed E-state index contributed by atoms with van der Waals surface area (Å²) in [4.78, 5) is 13.5. The number of nitrogens with two attached hydrogens (primary N) is 1. The van der Waals surface area contributed by atoms with Crippen LogP contribution in [0.1, 0.15) is 12.8 Å². The SMILES string of the molecule is COCC(CN)(C1CC1)N1CCN(c2ncccn2)CC1. The number of anilines is 1. The van der Waals surface area contributed by atoms with Gasteiger partial charge in [-0.25, -0.2) is 9.97 Å². The largest absolute Gasteiger partial charge is 0.383 e. The third-order valence-electron chi connectivity index (χ3n) is 4.83. The van der Waals surface area contributed by atoms with Gasteiger partial charge in [-0.1, -0.05) is 0 Å². The van der Waals surface area contributed by atoms with Crippen LogP contribution >= 0.6 is 0 Å². The van der Waals surface area contributed by atoms with Crippen LogP contribution in [-0.2, 0) is 4.74 Å². The number of hydrogen-bond donors (Lipinski definition) is 1. The molecule has 116 valence electrons. The van der Waals surface area contributed by atoms with Gasteiger partial charge < -0.3 is 15.4 Å². The van der Waals surface area contributed by atoms with Gasteiger partial charge in [0.15, 0.2) is 0 Å². The molecule has 1 aromatic heterocycles. The first-order chi connectivity index (χ1) is 10.3. The lowest BCUT2D eigenvalue weighted by Gasteiger charge is -2.47. The van der Waals surface area contributed by atoms with Crippen molar-refractivity contribution in [2.24, 2.45) is 11.7 Å². The van der Waals surface area contributed by atoms with E-state index in [1.165, 1.54) is 12.8 Å². The molecule has 2 heterocycles.